The van der Waals surface area contributed by atoms with Crippen LogP contribution in [-0.2, 0) is 0 Å². The fourth-order valence-corrected chi connectivity index (χ4v) is 2.18. The van der Waals surface area contributed by atoms with Crippen molar-refractivity contribution >= 4 is 8.56 Å². The molecule has 62 valence electrons. The average molecular weight is 162 g/mol. The van der Waals surface area contributed by atoms with Crippen molar-refractivity contribution in [1.82, 2.24) is 0 Å². The fourth-order valence-electron chi connectivity index (χ4n) is 0.726. The highest BCUT2D eigenvalue weighted by Crippen LogP contribution is 2.20. The fraction of sp³-hybridized carbons (Fsp3) is 1.00. The molecule has 0 saturated carbocycles. The van der Waals surface area contributed by atoms with Crippen LogP contribution in [0.25, 0.3) is 0 Å². The Morgan fingerprint density at radius 3 is 2.10 bits per heavy atom. The highest BCUT2D eigenvalue weighted by Gasteiger charge is 2.32. The minimum atomic E-state index is -2.80. The van der Waals surface area contributed by atoms with E-state index in [-0.39, 0.29) is 5.54 Å². The van der Waals surface area contributed by atoms with Gasteiger partial charge in [-0.3, -0.25) is 0 Å². The van der Waals surface area contributed by atoms with Crippen molar-refractivity contribution in [3.8, 4) is 0 Å². The van der Waals surface area contributed by atoms with Gasteiger partial charge in [0, 0.05) is 0 Å². The summed E-state index contributed by atoms with van der Waals surface area (Å²) in [6.07, 6.45) is 1.99. The first-order valence-electron chi connectivity index (χ1n) is 3.95. The number of hydrogen-bond acceptors (Lipinski definition) is 2. The smallest absolute Gasteiger partial charge is 0.335 e. The Balaban J connectivity index is 3.63. The van der Waals surface area contributed by atoms with E-state index in [4.69, 9.17) is 0 Å². The molecule has 0 saturated heterocycles. The van der Waals surface area contributed by atoms with Crippen molar-refractivity contribution in [2.75, 3.05) is 0 Å². The monoisotopic (exact) mass is 162 g/mol. The van der Waals surface area contributed by atoms with Crippen LogP contribution < -0.4 is 0 Å². The van der Waals surface area contributed by atoms with Crippen LogP contribution in [0.15, 0.2) is 0 Å². The second kappa shape index (κ2) is 4.11. The zero-order chi connectivity index (χ0) is 8.20. The Labute approximate surface area is 64.1 Å². The van der Waals surface area contributed by atoms with Gasteiger partial charge in [0.1, 0.15) is 0 Å². The first-order valence-corrected chi connectivity index (χ1v) is 6.13. The summed E-state index contributed by atoms with van der Waals surface area (Å²) in [4.78, 5) is 18.8. The van der Waals surface area contributed by atoms with Crippen LogP contribution in [-0.4, -0.2) is 18.2 Å². The molecule has 0 amide bonds. The molecule has 0 fully saturated rings. The van der Waals surface area contributed by atoms with Gasteiger partial charge in [-0.15, -0.1) is 0 Å². The van der Waals surface area contributed by atoms with Crippen LogP contribution in [0.4, 0.5) is 0 Å². The lowest BCUT2D eigenvalue weighted by Crippen LogP contribution is -2.37. The molecule has 0 aromatic rings. The number of rotatable bonds is 4. The van der Waals surface area contributed by atoms with E-state index in [2.05, 4.69) is 6.92 Å². The molecule has 10 heavy (non-hydrogen) atoms. The maximum Gasteiger partial charge on any atom is 0.335 e. The van der Waals surface area contributed by atoms with E-state index in [9.17, 15) is 9.59 Å². The average Bonchev–Trinajstić information content (AvgIpc) is 1.84. The predicted molar refractivity (Wildman–Crippen MR) is 45.0 cm³/mol. The Bertz CT molecular complexity index is 91.6. The largest absolute Gasteiger partial charge is 0.410 e. The summed E-state index contributed by atoms with van der Waals surface area (Å²) in [5.41, 5.74) is 0.0686. The van der Waals surface area contributed by atoms with E-state index in [0.29, 0.717) is 6.04 Å². The molecule has 0 aliphatic carbocycles. The third-order valence-corrected chi connectivity index (χ3v) is 4.76. The zero-order valence-electron chi connectivity index (χ0n) is 7.09. The van der Waals surface area contributed by atoms with Gasteiger partial charge >= 0.3 is 8.56 Å². The number of hydrogen-bond donors (Lipinski definition) is 2. The van der Waals surface area contributed by atoms with E-state index >= 15 is 0 Å². The summed E-state index contributed by atoms with van der Waals surface area (Å²) >= 11 is 0. The molecule has 3 heteroatoms. The van der Waals surface area contributed by atoms with E-state index in [0.717, 1.165) is 12.8 Å². The zero-order valence-corrected chi connectivity index (χ0v) is 8.09. The quantitative estimate of drug-likeness (QED) is 0.617. The van der Waals surface area contributed by atoms with Crippen molar-refractivity contribution < 1.29 is 9.59 Å². The van der Waals surface area contributed by atoms with Crippen LogP contribution >= 0.6 is 0 Å². The molecular formula is C7H18O2Si. The van der Waals surface area contributed by atoms with Crippen LogP contribution in [0.3, 0.4) is 0 Å². The van der Waals surface area contributed by atoms with E-state index in [1.54, 1.807) is 0 Å². The SMILES string of the molecule is CCCC[Si](O)(O)C(C)C. The van der Waals surface area contributed by atoms with Crippen LogP contribution in [0.2, 0.25) is 11.6 Å². The molecule has 0 radical (unpaired) electrons. The van der Waals surface area contributed by atoms with Crippen molar-refractivity contribution in [2.24, 2.45) is 0 Å². The minimum absolute atomic E-state index is 0.0686. The molecule has 0 atom stereocenters. The van der Waals surface area contributed by atoms with E-state index < -0.39 is 8.56 Å². The second-order valence-electron chi connectivity index (χ2n) is 3.14. The summed E-state index contributed by atoms with van der Waals surface area (Å²) in [6.45, 7) is 5.81. The van der Waals surface area contributed by atoms with Crippen LogP contribution in [0, 0.1) is 0 Å². The molecule has 0 spiro atoms. The Hall–Kier alpha value is 0.137. The highest BCUT2D eigenvalue weighted by atomic mass is 28.4. The van der Waals surface area contributed by atoms with E-state index in [1.807, 2.05) is 13.8 Å². The Morgan fingerprint density at radius 1 is 1.30 bits per heavy atom. The van der Waals surface area contributed by atoms with Gasteiger partial charge in [-0.2, -0.15) is 0 Å². The van der Waals surface area contributed by atoms with Gasteiger partial charge in [0.25, 0.3) is 0 Å². The first-order chi connectivity index (χ1) is 4.50. The lowest BCUT2D eigenvalue weighted by Gasteiger charge is -2.21. The molecule has 0 aliphatic heterocycles. The van der Waals surface area contributed by atoms with Crippen molar-refractivity contribution in [3.05, 3.63) is 0 Å². The molecule has 0 heterocycles. The third-order valence-electron chi connectivity index (χ3n) is 1.82. The highest BCUT2D eigenvalue weighted by molar-refractivity contribution is 6.66. The molecule has 2 N–H and O–H groups in total. The standard InChI is InChI=1S/C7H18O2Si/c1-4-5-6-10(8,9)7(2)3/h7-9H,4-6H2,1-3H3. The van der Waals surface area contributed by atoms with Gasteiger partial charge in [0.05, 0.1) is 0 Å². The lowest BCUT2D eigenvalue weighted by molar-refractivity contribution is 0.341. The summed E-state index contributed by atoms with van der Waals surface area (Å²) in [5, 5.41) is 0. The van der Waals surface area contributed by atoms with Gasteiger partial charge in [0.15, 0.2) is 0 Å². The van der Waals surface area contributed by atoms with Crippen molar-refractivity contribution in [3.63, 3.8) is 0 Å². The predicted octanol–water partition coefficient (Wildman–Crippen LogP) is 1.62. The molecule has 0 aliphatic rings. The molecular weight excluding hydrogens is 144 g/mol. The molecule has 0 aromatic heterocycles. The molecule has 0 aromatic carbocycles. The van der Waals surface area contributed by atoms with Gasteiger partial charge in [-0.1, -0.05) is 33.6 Å². The Kier molecular flexibility index (Phi) is 4.16. The summed E-state index contributed by atoms with van der Waals surface area (Å²) in [6, 6.07) is 0.626. The summed E-state index contributed by atoms with van der Waals surface area (Å²) in [5.74, 6) is 0. The first kappa shape index (κ1) is 10.1. The molecule has 0 bridgehead atoms. The maximum atomic E-state index is 9.42. The van der Waals surface area contributed by atoms with E-state index in [1.165, 1.54) is 0 Å². The van der Waals surface area contributed by atoms with Crippen LogP contribution in [0.1, 0.15) is 33.6 Å². The summed E-state index contributed by atoms with van der Waals surface area (Å²) < 4.78 is 0. The van der Waals surface area contributed by atoms with Gasteiger partial charge < -0.3 is 9.59 Å². The van der Waals surface area contributed by atoms with Gasteiger partial charge in [0.2, 0.25) is 0 Å². The molecule has 0 unspecified atom stereocenters. The topological polar surface area (TPSA) is 40.5 Å². The lowest BCUT2D eigenvalue weighted by atomic mass is 10.4. The normalized spacial score (nSPS) is 12.6. The van der Waals surface area contributed by atoms with Crippen molar-refractivity contribution in [1.29, 1.82) is 0 Å². The van der Waals surface area contributed by atoms with Gasteiger partial charge in [-0.05, 0) is 11.6 Å². The maximum absolute atomic E-state index is 9.42. The van der Waals surface area contributed by atoms with Crippen LogP contribution in [0.5, 0.6) is 0 Å². The molecule has 2 nitrogen and oxygen atoms in total. The third kappa shape index (κ3) is 3.34. The minimum Gasteiger partial charge on any atom is -0.410 e. The van der Waals surface area contributed by atoms with Crippen molar-refractivity contribution in [2.45, 2.75) is 45.2 Å². The van der Waals surface area contributed by atoms with Gasteiger partial charge in [-0.25, -0.2) is 0 Å². The second-order valence-corrected chi connectivity index (χ2v) is 6.55. The number of unbranched alkanes of at least 4 members (excludes halogenated alkanes) is 1. The Morgan fingerprint density at radius 2 is 1.80 bits per heavy atom. The summed E-state index contributed by atoms with van der Waals surface area (Å²) in [7, 11) is -2.80. The molecule has 0 rings (SSSR count).